The van der Waals surface area contributed by atoms with Gasteiger partial charge in [0.05, 0.1) is 23.2 Å². The molecular formula is C19H21N5O4. The predicted octanol–water partition coefficient (Wildman–Crippen LogP) is -0.558. The largest absolute Gasteiger partial charge is 0.330 e. The van der Waals surface area contributed by atoms with Gasteiger partial charge in [0.1, 0.15) is 6.04 Å². The number of para-hydroxylation sites is 1. The number of likely N-dealkylation sites (tertiary alicyclic amines) is 1. The van der Waals surface area contributed by atoms with Gasteiger partial charge in [0, 0.05) is 26.8 Å². The first-order valence-electron chi connectivity index (χ1n) is 8.94. The number of benzene rings is 1. The Morgan fingerprint density at radius 2 is 1.54 bits per heavy atom. The Hall–Kier alpha value is -3.20. The van der Waals surface area contributed by atoms with Crippen LogP contribution in [0.5, 0.6) is 0 Å². The highest BCUT2D eigenvalue weighted by Gasteiger charge is 2.58. The van der Waals surface area contributed by atoms with E-state index in [-0.39, 0.29) is 11.8 Å². The summed E-state index contributed by atoms with van der Waals surface area (Å²) < 4.78 is 2.40. The highest BCUT2D eigenvalue weighted by molar-refractivity contribution is 6.09. The van der Waals surface area contributed by atoms with Gasteiger partial charge in [0.25, 0.3) is 11.5 Å². The third-order valence-electron chi connectivity index (χ3n) is 5.80. The third kappa shape index (κ3) is 2.29. The predicted molar refractivity (Wildman–Crippen MR) is 102 cm³/mol. The van der Waals surface area contributed by atoms with Crippen molar-refractivity contribution in [2.45, 2.75) is 19.0 Å². The first kappa shape index (κ1) is 18.2. The molecule has 3 heterocycles. The molecule has 2 saturated heterocycles. The minimum Gasteiger partial charge on any atom is -0.301 e. The number of anilines is 1. The zero-order valence-corrected chi connectivity index (χ0v) is 16.0. The van der Waals surface area contributed by atoms with Crippen molar-refractivity contribution < 1.29 is 9.59 Å². The van der Waals surface area contributed by atoms with Crippen LogP contribution in [0.3, 0.4) is 0 Å². The van der Waals surface area contributed by atoms with Crippen molar-refractivity contribution in [3.8, 4) is 0 Å². The lowest BCUT2D eigenvalue weighted by atomic mass is 9.90. The van der Waals surface area contributed by atoms with Crippen LogP contribution in [0, 0.1) is 12.8 Å². The summed E-state index contributed by atoms with van der Waals surface area (Å²) in [5.74, 6) is -1.43. The van der Waals surface area contributed by atoms with Crippen LogP contribution in [0.25, 0.3) is 0 Å². The summed E-state index contributed by atoms with van der Waals surface area (Å²) in [6.07, 6.45) is 0. The number of nitrogens with zero attached hydrogens (tertiary/aromatic N) is 4. The minimum atomic E-state index is -0.762. The average Bonchev–Trinajstić information content (AvgIpc) is 3.19. The van der Waals surface area contributed by atoms with Gasteiger partial charge in [-0.15, -0.1) is 0 Å². The second-order valence-corrected chi connectivity index (χ2v) is 7.22. The fraction of sp³-hybridized carbons (Fsp3) is 0.368. The molecule has 2 aliphatic rings. The van der Waals surface area contributed by atoms with Crippen molar-refractivity contribution in [1.29, 1.82) is 0 Å². The molecule has 0 saturated carbocycles. The first-order valence-corrected chi connectivity index (χ1v) is 8.94. The molecule has 0 radical (unpaired) electrons. The van der Waals surface area contributed by atoms with Crippen LogP contribution in [0.1, 0.15) is 17.3 Å². The Labute approximate surface area is 160 Å². The standard InChI is InChI=1S/C19H21N5O4/c1-10-12(16(25)23(4)19(28)21(10)2)14-13-15(18(27)22(3)17(13)26)24(20-14)11-8-6-5-7-9-11/h5-9,13-15,20H,1-4H3/t13-,14?,15+/m1/s1. The molecule has 2 aliphatic heterocycles. The number of hydrazine groups is 1. The number of imide groups is 1. The van der Waals surface area contributed by atoms with Crippen LogP contribution in [-0.4, -0.2) is 38.9 Å². The van der Waals surface area contributed by atoms with Gasteiger partial charge < -0.3 is 4.57 Å². The molecule has 0 bridgehead atoms. The topological polar surface area (TPSA) is 96.7 Å². The lowest BCUT2D eigenvalue weighted by Crippen LogP contribution is -2.46. The molecule has 1 aromatic heterocycles. The highest BCUT2D eigenvalue weighted by Crippen LogP contribution is 2.41. The highest BCUT2D eigenvalue weighted by atomic mass is 16.2. The fourth-order valence-corrected chi connectivity index (χ4v) is 4.12. The minimum absolute atomic E-state index is 0.314. The van der Waals surface area contributed by atoms with Crippen LogP contribution in [0.15, 0.2) is 39.9 Å². The van der Waals surface area contributed by atoms with Gasteiger partial charge in [-0.1, -0.05) is 18.2 Å². The van der Waals surface area contributed by atoms with Crippen molar-refractivity contribution >= 4 is 17.5 Å². The summed E-state index contributed by atoms with van der Waals surface area (Å²) in [5, 5.41) is 1.66. The summed E-state index contributed by atoms with van der Waals surface area (Å²) >= 11 is 0. The van der Waals surface area contributed by atoms with E-state index in [4.69, 9.17) is 0 Å². The molecule has 1 unspecified atom stereocenters. The van der Waals surface area contributed by atoms with Crippen LogP contribution < -0.4 is 21.7 Å². The number of hydrogen-bond donors (Lipinski definition) is 1. The van der Waals surface area contributed by atoms with Crippen LogP contribution in [0.4, 0.5) is 5.69 Å². The first-order chi connectivity index (χ1) is 13.3. The smallest absolute Gasteiger partial charge is 0.301 e. The molecule has 2 amide bonds. The van der Waals surface area contributed by atoms with Crippen LogP contribution >= 0.6 is 0 Å². The van der Waals surface area contributed by atoms with Gasteiger partial charge in [0.15, 0.2) is 0 Å². The number of likely N-dealkylation sites (N-methyl/N-ethyl adjacent to an activating group) is 1. The van der Waals surface area contributed by atoms with Crippen molar-refractivity contribution in [2.24, 2.45) is 20.0 Å². The monoisotopic (exact) mass is 383 g/mol. The zero-order valence-electron chi connectivity index (χ0n) is 16.0. The van der Waals surface area contributed by atoms with Crippen molar-refractivity contribution in [2.75, 3.05) is 12.1 Å². The SMILES string of the molecule is Cc1c(C2NN(c3ccccc3)[C@@H]3C(=O)N(C)C(=O)[C@H]23)c(=O)n(C)c(=O)n1C. The molecule has 3 atom stereocenters. The number of fused-ring (bicyclic) bond motifs is 1. The van der Waals surface area contributed by atoms with E-state index in [2.05, 4.69) is 5.43 Å². The molecule has 9 heteroatoms. The van der Waals surface area contributed by atoms with E-state index in [1.54, 1.807) is 19.0 Å². The summed E-state index contributed by atoms with van der Waals surface area (Å²) in [7, 11) is 4.44. The van der Waals surface area contributed by atoms with E-state index in [1.807, 2.05) is 30.3 Å². The number of nitrogens with one attached hydrogen (secondary N) is 1. The van der Waals surface area contributed by atoms with Crippen LogP contribution in [0.2, 0.25) is 0 Å². The molecule has 4 rings (SSSR count). The Kier molecular flexibility index (Phi) is 4.00. The molecule has 2 fully saturated rings. The second kappa shape index (κ2) is 6.16. The Bertz CT molecular complexity index is 1100. The van der Waals surface area contributed by atoms with E-state index in [0.717, 1.165) is 15.2 Å². The lowest BCUT2D eigenvalue weighted by Gasteiger charge is -2.26. The quantitative estimate of drug-likeness (QED) is 0.699. The number of amides is 2. The molecule has 0 aliphatic carbocycles. The molecule has 1 aromatic carbocycles. The maximum atomic E-state index is 12.9. The van der Waals surface area contributed by atoms with Crippen molar-refractivity contribution in [3.63, 3.8) is 0 Å². The Balaban J connectivity index is 1.92. The third-order valence-corrected chi connectivity index (χ3v) is 5.80. The molecular weight excluding hydrogens is 362 g/mol. The molecule has 146 valence electrons. The Morgan fingerprint density at radius 3 is 2.18 bits per heavy atom. The zero-order chi connectivity index (χ0) is 20.3. The number of carbonyl (C=O) groups excluding carboxylic acids is 2. The summed E-state index contributed by atoms with van der Waals surface area (Å²) in [6.45, 7) is 1.67. The van der Waals surface area contributed by atoms with Gasteiger partial charge in [-0.2, -0.15) is 0 Å². The van der Waals surface area contributed by atoms with Gasteiger partial charge in [-0.25, -0.2) is 10.2 Å². The number of hydrogen-bond acceptors (Lipinski definition) is 6. The molecule has 28 heavy (non-hydrogen) atoms. The van der Waals surface area contributed by atoms with Crippen molar-refractivity contribution in [1.82, 2.24) is 19.5 Å². The van der Waals surface area contributed by atoms with E-state index in [9.17, 15) is 19.2 Å². The maximum absolute atomic E-state index is 12.9. The van der Waals surface area contributed by atoms with Crippen LogP contribution in [-0.2, 0) is 23.7 Å². The average molecular weight is 383 g/mol. The van der Waals surface area contributed by atoms with Gasteiger partial charge in [0.2, 0.25) is 5.91 Å². The van der Waals surface area contributed by atoms with Crippen molar-refractivity contribution in [3.05, 3.63) is 62.4 Å². The number of rotatable bonds is 2. The molecule has 1 N–H and O–H groups in total. The normalized spacial score (nSPS) is 24.2. The molecule has 2 aromatic rings. The number of carbonyl (C=O) groups is 2. The second-order valence-electron chi connectivity index (χ2n) is 7.22. The van der Waals surface area contributed by atoms with Gasteiger partial charge in [-0.3, -0.25) is 28.9 Å². The number of aromatic nitrogens is 2. The van der Waals surface area contributed by atoms with Gasteiger partial charge >= 0.3 is 5.69 Å². The van der Waals surface area contributed by atoms with Gasteiger partial charge in [-0.05, 0) is 19.1 Å². The summed E-state index contributed by atoms with van der Waals surface area (Å²) in [5.41, 5.74) is 3.79. The summed E-state index contributed by atoms with van der Waals surface area (Å²) in [6, 6.07) is 7.70. The van der Waals surface area contributed by atoms with E-state index in [0.29, 0.717) is 11.3 Å². The van der Waals surface area contributed by atoms with E-state index in [1.165, 1.54) is 18.7 Å². The fourth-order valence-electron chi connectivity index (χ4n) is 4.12. The maximum Gasteiger partial charge on any atom is 0.330 e. The summed E-state index contributed by atoms with van der Waals surface area (Å²) in [4.78, 5) is 51.9. The molecule has 9 nitrogen and oxygen atoms in total. The van der Waals surface area contributed by atoms with E-state index >= 15 is 0 Å². The Morgan fingerprint density at radius 1 is 0.893 bits per heavy atom. The van der Waals surface area contributed by atoms with E-state index < -0.39 is 29.3 Å². The lowest BCUT2D eigenvalue weighted by molar-refractivity contribution is -0.138. The molecule has 0 spiro atoms.